The van der Waals surface area contributed by atoms with E-state index in [9.17, 15) is 0 Å². The smallest absolute Gasteiger partial charge is 1.00 e. The Bertz CT molecular complexity index is 19.7. The first-order valence-corrected chi connectivity index (χ1v) is 14.3. The van der Waals surface area contributed by atoms with Crippen LogP contribution in [-0.2, 0) is 0 Å². The molecule has 0 aromatic rings. The number of halogens is 3. The standard InChI is InChI=1S/Ce.3ClH.K.La.H/h;3*1H;;;/q;;;;+1;+3;-1/p-3. The molecular weight excluding hydrogens is 424 g/mol. The van der Waals surface area contributed by atoms with E-state index in [0.717, 1.165) is 0 Å². The van der Waals surface area contributed by atoms with Gasteiger partial charge in [0.2, 0.25) is 0 Å². The Labute approximate surface area is 135 Å². The summed E-state index contributed by atoms with van der Waals surface area (Å²) >= 11 is -2.31. The van der Waals surface area contributed by atoms with Crippen molar-refractivity contribution in [3.63, 3.8) is 0 Å². The van der Waals surface area contributed by atoms with Crippen LogP contribution in [0.2, 0.25) is 0 Å². The zero-order chi connectivity index (χ0) is 3.58. The maximum atomic E-state index is 5.03. The summed E-state index contributed by atoms with van der Waals surface area (Å²) in [5.74, 6) is 0. The summed E-state index contributed by atoms with van der Waals surface area (Å²) in [6.45, 7) is 15.1. The van der Waals surface area contributed by atoms with E-state index in [2.05, 4.69) is 0 Å². The molecule has 0 nitrogen and oxygen atoms in total. The molecule has 0 N–H and O–H groups in total. The van der Waals surface area contributed by atoms with Gasteiger partial charge in [0.15, 0.2) is 0 Å². The fourth-order valence-electron chi connectivity index (χ4n) is 0. The van der Waals surface area contributed by atoms with Gasteiger partial charge in [-0.05, 0) is 0 Å². The molecule has 0 aliphatic heterocycles. The molecule has 0 aromatic carbocycles. The van der Waals surface area contributed by atoms with Gasteiger partial charge in [0.25, 0.3) is 0 Å². The van der Waals surface area contributed by atoms with E-state index < -0.39 is 25.7 Å². The number of rotatable bonds is 0. The Balaban J connectivity index is -0.0000000150. The third-order valence-electron chi connectivity index (χ3n) is 0. The molecule has 0 fully saturated rings. The molecule has 0 radical (unpaired) electrons. The van der Waals surface area contributed by atoms with Gasteiger partial charge in [0, 0.05) is 41.7 Å². The van der Waals surface area contributed by atoms with Crippen LogP contribution in [0.5, 0.6) is 0 Å². The summed E-state index contributed by atoms with van der Waals surface area (Å²) in [5, 5.41) is 0. The van der Waals surface area contributed by atoms with E-state index in [0.29, 0.717) is 0 Å². The summed E-state index contributed by atoms with van der Waals surface area (Å²) in [6, 6.07) is 0. The summed E-state index contributed by atoms with van der Waals surface area (Å²) in [4.78, 5) is 0. The Hall–Kier alpha value is 5.08. The van der Waals surface area contributed by atoms with Gasteiger partial charge in [-0.1, -0.05) is 0 Å². The van der Waals surface area contributed by atoms with Crippen LogP contribution < -0.4 is 51.4 Å². The third-order valence-corrected chi connectivity index (χ3v) is 0. The van der Waals surface area contributed by atoms with Crippen LogP contribution in [0.4, 0.5) is 0 Å². The average molecular weight is 425 g/mol. The summed E-state index contributed by atoms with van der Waals surface area (Å²) < 4.78 is 0. The van der Waals surface area contributed by atoms with Gasteiger partial charge in [-0.2, -0.15) is 0 Å². The first kappa shape index (κ1) is 17.2. The van der Waals surface area contributed by atoms with Crippen LogP contribution in [0.25, 0.3) is 0 Å². The molecule has 0 saturated heterocycles. The molecule has 0 rings (SSSR count). The molecule has 0 spiro atoms. The summed E-state index contributed by atoms with van der Waals surface area (Å²) in [5.41, 5.74) is 0. The third kappa shape index (κ3) is 23.0. The first-order chi connectivity index (χ1) is 1.73. The van der Waals surface area contributed by atoms with Crippen molar-refractivity contribution < 1.29 is 120 Å². The van der Waals surface area contributed by atoms with Gasteiger partial charge in [-0.25, -0.2) is 0 Å². The van der Waals surface area contributed by atoms with Crippen molar-refractivity contribution in [3.8, 4) is 0 Å². The molecule has 0 aliphatic carbocycles. The van der Waals surface area contributed by atoms with E-state index in [1.165, 1.54) is 0 Å². The van der Waals surface area contributed by atoms with E-state index >= 15 is 0 Å². The second-order valence-electron chi connectivity index (χ2n) is 0.247. The molecule has 0 heterocycles. The van der Waals surface area contributed by atoms with Crippen molar-refractivity contribution in [1.29, 1.82) is 0 Å². The quantitative estimate of drug-likeness (QED) is 0.446. The predicted octanol–water partition coefficient (Wildman–Crippen LogP) is -0.815. The Morgan fingerprint density at radius 1 is 1.17 bits per heavy atom. The number of hydrogen-bond donors (Lipinski definition) is 0. The predicted molar refractivity (Wildman–Crippen MR) is 18.7 cm³/mol. The van der Waals surface area contributed by atoms with Gasteiger partial charge in [-0.3, -0.25) is 0 Å². The van der Waals surface area contributed by atoms with E-state index in [-0.39, 0.29) is 94.6 Å². The molecule has 0 atom stereocenters. The summed E-state index contributed by atoms with van der Waals surface area (Å²) in [7, 11) is 0. The summed E-state index contributed by atoms with van der Waals surface area (Å²) in [6.07, 6.45) is 0. The van der Waals surface area contributed by atoms with Crippen molar-refractivity contribution in [2.45, 2.75) is 0 Å². The second-order valence-corrected chi connectivity index (χ2v) is 16.2. The Morgan fingerprint density at radius 2 is 1.17 bits per heavy atom. The number of hydrogen-bond acceptors (Lipinski definition) is 0. The fraction of sp³-hybridized carbons (Fsp3) is 0. The second kappa shape index (κ2) is 12.7. The topological polar surface area (TPSA) is 0 Å². The molecule has 0 bridgehead atoms. The van der Waals surface area contributed by atoms with E-state index in [4.69, 9.17) is 20.4 Å². The molecule has 0 saturated carbocycles. The van der Waals surface area contributed by atoms with Crippen LogP contribution in [0.15, 0.2) is 0 Å². The SMILES string of the molecule is [Ce].[Cl][La]([Cl])[Cl].[H-].[K+]. The van der Waals surface area contributed by atoms with Crippen molar-refractivity contribution in [2.75, 3.05) is 0 Å². The Morgan fingerprint density at radius 3 is 1.17 bits per heavy atom. The molecule has 6 heavy (non-hydrogen) atoms. The van der Waals surface area contributed by atoms with Crippen LogP contribution in [0, 0.1) is 67.4 Å². The van der Waals surface area contributed by atoms with Crippen LogP contribution in [0.1, 0.15) is 1.43 Å². The van der Waals surface area contributed by atoms with Gasteiger partial charge in [0.1, 0.15) is 0 Å². The zero-order valence-corrected chi connectivity index (χ0v) is 15.4. The van der Waals surface area contributed by atoms with Crippen LogP contribution in [0.3, 0.4) is 0 Å². The minimum atomic E-state index is -2.31. The van der Waals surface area contributed by atoms with Crippen LogP contribution >= 0.6 is 20.4 Å². The molecular formula is HCeCl3KLa. The monoisotopic (exact) mass is 424 g/mol. The van der Waals surface area contributed by atoms with Gasteiger partial charge < -0.3 is 1.43 Å². The molecule has 0 aromatic heterocycles. The molecule has 0 amide bonds. The van der Waals surface area contributed by atoms with E-state index in [1.54, 1.807) is 0 Å². The van der Waals surface area contributed by atoms with Crippen molar-refractivity contribution in [3.05, 3.63) is 0 Å². The van der Waals surface area contributed by atoms with Crippen molar-refractivity contribution >= 4 is 20.4 Å². The molecule has 6 heteroatoms. The zero-order valence-electron chi connectivity index (χ0n) is 4.21. The molecule has 30 valence electrons. The minimum absolute atomic E-state index is 0. The van der Waals surface area contributed by atoms with Crippen molar-refractivity contribution in [1.82, 2.24) is 0 Å². The van der Waals surface area contributed by atoms with Crippen molar-refractivity contribution in [2.24, 2.45) is 0 Å². The molecule has 0 aliphatic rings. The largest absolute Gasteiger partial charge is 1.00 e. The average Bonchev–Trinajstić information content (AvgIpc) is 0.811. The maximum Gasteiger partial charge on any atom is 1.00 e. The normalized spacial score (nSPS) is 4.50. The fourth-order valence-corrected chi connectivity index (χ4v) is 0. The van der Waals surface area contributed by atoms with Crippen LogP contribution in [-0.4, -0.2) is 0 Å². The molecule has 0 unspecified atom stereocenters. The minimum Gasteiger partial charge on any atom is -1.00 e. The Kier molecular flexibility index (Phi) is 36.6. The first-order valence-electron chi connectivity index (χ1n) is 0.655. The van der Waals surface area contributed by atoms with Gasteiger partial charge >= 0.3 is 97.4 Å². The van der Waals surface area contributed by atoms with Gasteiger partial charge in [-0.15, -0.1) is 0 Å². The maximum absolute atomic E-state index is 5.03. The van der Waals surface area contributed by atoms with Gasteiger partial charge in [0.05, 0.1) is 0 Å². The van der Waals surface area contributed by atoms with E-state index in [1.807, 2.05) is 0 Å².